The Kier molecular flexibility index (Phi) is 5.90. The smallest absolute Gasteiger partial charge is 0.338 e. The van der Waals surface area contributed by atoms with Gasteiger partial charge in [0.25, 0.3) is 0 Å². The van der Waals surface area contributed by atoms with Gasteiger partial charge < -0.3 is 15.4 Å². The van der Waals surface area contributed by atoms with Crippen LogP contribution in [0.15, 0.2) is 42.5 Å². The molecule has 2 N–H and O–H groups in total. The van der Waals surface area contributed by atoms with Gasteiger partial charge in [0.2, 0.25) is 0 Å². The van der Waals surface area contributed by atoms with E-state index in [0.717, 1.165) is 0 Å². The molecule has 0 amide bonds. The van der Waals surface area contributed by atoms with Crippen LogP contribution in [0, 0.1) is 5.82 Å². The number of ether oxygens (including phenoxy) is 1. The number of thiocarbonyl (C=S) groups is 1. The first-order chi connectivity index (χ1) is 11.0. The van der Waals surface area contributed by atoms with E-state index in [1.807, 2.05) is 0 Å². The van der Waals surface area contributed by atoms with Crippen molar-refractivity contribution in [1.82, 2.24) is 0 Å². The van der Waals surface area contributed by atoms with Crippen LogP contribution in [0.4, 0.5) is 15.8 Å². The zero-order chi connectivity index (χ0) is 16.8. The van der Waals surface area contributed by atoms with E-state index >= 15 is 0 Å². The first-order valence-electron chi connectivity index (χ1n) is 6.80. The summed E-state index contributed by atoms with van der Waals surface area (Å²) >= 11 is 10.9. The van der Waals surface area contributed by atoms with Crippen LogP contribution in [0.2, 0.25) is 5.02 Å². The van der Waals surface area contributed by atoms with Crippen molar-refractivity contribution in [1.29, 1.82) is 0 Å². The van der Waals surface area contributed by atoms with Gasteiger partial charge >= 0.3 is 5.97 Å². The molecule has 4 nitrogen and oxygen atoms in total. The highest BCUT2D eigenvalue weighted by atomic mass is 35.5. The molecule has 2 aromatic rings. The van der Waals surface area contributed by atoms with Crippen LogP contribution < -0.4 is 10.6 Å². The molecule has 0 spiro atoms. The van der Waals surface area contributed by atoms with E-state index in [1.54, 1.807) is 31.2 Å². The minimum atomic E-state index is -0.502. The van der Waals surface area contributed by atoms with Gasteiger partial charge in [0.1, 0.15) is 5.82 Å². The van der Waals surface area contributed by atoms with Crippen LogP contribution in [-0.4, -0.2) is 17.7 Å². The summed E-state index contributed by atoms with van der Waals surface area (Å²) in [7, 11) is 0. The molecule has 7 heteroatoms. The van der Waals surface area contributed by atoms with Crippen molar-refractivity contribution >= 4 is 46.3 Å². The summed E-state index contributed by atoms with van der Waals surface area (Å²) in [5.74, 6) is -0.904. The number of carbonyl (C=O) groups is 1. The Hall–Kier alpha value is -2.18. The first kappa shape index (κ1) is 17.2. The molecule has 0 unspecified atom stereocenters. The molecule has 0 heterocycles. The molecule has 0 radical (unpaired) electrons. The molecule has 0 aliphatic heterocycles. The summed E-state index contributed by atoms with van der Waals surface area (Å²) in [6.45, 7) is 2.05. The molecular formula is C16H14ClFN2O2S. The number of rotatable bonds is 4. The summed E-state index contributed by atoms with van der Waals surface area (Å²) in [4.78, 5) is 11.7. The second-order valence-electron chi connectivity index (χ2n) is 4.51. The standard InChI is InChI=1S/C16H14ClFN2O2S/c1-2-22-15(21)10-4-3-5-11(8-10)19-16(23)20-12-6-7-14(18)13(17)9-12/h3-9H,2H2,1H3,(H2,19,20,23). The highest BCUT2D eigenvalue weighted by Gasteiger charge is 2.08. The quantitative estimate of drug-likeness (QED) is 0.628. The fraction of sp³-hybridized carbons (Fsp3) is 0.125. The second kappa shape index (κ2) is 7.89. The Morgan fingerprint density at radius 3 is 2.57 bits per heavy atom. The largest absolute Gasteiger partial charge is 0.462 e. The fourth-order valence-electron chi connectivity index (χ4n) is 1.81. The lowest BCUT2D eigenvalue weighted by atomic mass is 10.2. The first-order valence-corrected chi connectivity index (χ1v) is 7.58. The zero-order valence-electron chi connectivity index (χ0n) is 12.2. The van der Waals surface area contributed by atoms with Gasteiger partial charge in [0.15, 0.2) is 5.11 Å². The Morgan fingerprint density at radius 1 is 1.22 bits per heavy atom. The maximum atomic E-state index is 13.1. The van der Waals surface area contributed by atoms with E-state index in [-0.39, 0.29) is 10.1 Å². The molecular weight excluding hydrogens is 339 g/mol. The number of benzene rings is 2. The predicted molar refractivity (Wildman–Crippen MR) is 93.7 cm³/mol. The Bertz CT molecular complexity index is 740. The lowest BCUT2D eigenvalue weighted by molar-refractivity contribution is 0.0526. The van der Waals surface area contributed by atoms with Gasteiger partial charge in [-0.05, 0) is 55.5 Å². The third-order valence-corrected chi connectivity index (χ3v) is 3.30. The number of esters is 1. The normalized spacial score (nSPS) is 10.0. The SMILES string of the molecule is CCOC(=O)c1cccc(NC(=S)Nc2ccc(F)c(Cl)c2)c1. The fourth-order valence-corrected chi connectivity index (χ4v) is 2.22. The monoisotopic (exact) mass is 352 g/mol. The Labute approximate surface area is 143 Å². The van der Waals surface area contributed by atoms with Crippen LogP contribution in [-0.2, 0) is 4.74 Å². The summed E-state index contributed by atoms with van der Waals surface area (Å²) in [6, 6.07) is 10.9. The molecule has 2 rings (SSSR count). The van der Waals surface area contributed by atoms with Gasteiger partial charge in [0, 0.05) is 11.4 Å². The van der Waals surface area contributed by atoms with Gasteiger partial charge in [-0.15, -0.1) is 0 Å². The van der Waals surface area contributed by atoms with E-state index < -0.39 is 11.8 Å². The molecule has 23 heavy (non-hydrogen) atoms. The Balaban J connectivity index is 2.03. The summed E-state index contributed by atoms with van der Waals surface area (Å²) < 4.78 is 18.1. The second-order valence-corrected chi connectivity index (χ2v) is 5.32. The topological polar surface area (TPSA) is 50.4 Å². The van der Waals surface area contributed by atoms with Gasteiger partial charge in [-0.25, -0.2) is 9.18 Å². The van der Waals surface area contributed by atoms with Crippen LogP contribution >= 0.6 is 23.8 Å². The average molecular weight is 353 g/mol. The maximum Gasteiger partial charge on any atom is 0.338 e. The van der Waals surface area contributed by atoms with Crippen LogP contribution in [0.1, 0.15) is 17.3 Å². The predicted octanol–water partition coefficient (Wildman–Crippen LogP) is 4.46. The van der Waals surface area contributed by atoms with E-state index in [1.165, 1.54) is 18.2 Å². The lowest BCUT2D eigenvalue weighted by Crippen LogP contribution is -2.19. The van der Waals surface area contributed by atoms with E-state index in [0.29, 0.717) is 23.5 Å². The van der Waals surface area contributed by atoms with Crippen LogP contribution in [0.5, 0.6) is 0 Å². The van der Waals surface area contributed by atoms with Crippen molar-refractivity contribution in [3.05, 3.63) is 58.9 Å². The third-order valence-electron chi connectivity index (χ3n) is 2.81. The number of halogens is 2. The minimum Gasteiger partial charge on any atom is -0.462 e. The number of hydrogen-bond acceptors (Lipinski definition) is 3. The average Bonchev–Trinajstić information content (AvgIpc) is 2.51. The molecule has 0 saturated heterocycles. The van der Waals surface area contributed by atoms with E-state index in [2.05, 4.69) is 10.6 Å². The molecule has 0 aliphatic rings. The number of nitrogens with one attached hydrogen (secondary N) is 2. The lowest BCUT2D eigenvalue weighted by Gasteiger charge is -2.11. The summed E-state index contributed by atoms with van der Waals surface area (Å²) in [6.07, 6.45) is 0. The van der Waals surface area contributed by atoms with E-state index in [4.69, 9.17) is 28.6 Å². The Morgan fingerprint density at radius 2 is 1.91 bits per heavy atom. The zero-order valence-corrected chi connectivity index (χ0v) is 13.8. The molecule has 0 saturated carbocycles. The van der Waals surface area contributed by atoms with Gasteiger partial charge in [-0.3, -0.25) is 0 Å². The van der Waals surface area contributed by atoms with Gasteiger partial charge in [-0.2, -0.15) is 0 Å². The van der Waals surface area contributed by atoms with Crippen LogP contribution in [0.25, 0.3) is 0 Å². The van der Waals surface area contributed by atoms with Crippen molar-refractivity contribution in [3.63, 3.8) is 0 Å². The third kappa shape index (κ3) is 4.91. The van der Waals surface area contributed by atoms with Crippen molar-refractivity contribution in [2.45, 2.75) is 6.92 Å². The molecule has 2 aromatic carbocycles. The summed E-state index contributed by atoms with van der Waals surface area (Å²) in [5, 5.41) is 6.11. The molecule has 0 aromatic heterocycles. The van der Waals surface area contributed by atoms with E-state index in [9.17, 15) is 9.18 Å². The molecule has 0 atom stereocenters. The van der Waals surface area contributed by atoms with Crippen molar-refractivity contribution in [2.75, 3.05) is 17.2 Å². The maximum absolute atomic E-state index is 13.1. The number of carbonyl (C=O) groups excluding carboxylic acids is 1. The van der Waals surface area contributed by atoms with Crippen molar-refractivity contribution in [3.8, 4) is 0 Å². The molecule has 0 aliphatic carbocycles. The number of hydrogen-bond donors (Lipinski definition) is 2. The molecule has 120 valence electrons. The van der Waals surface area contributed by atoms with Gasteiger partial charge in [-0.1, -0.05) is 17.7 Å². The molecule has 0 fully saturated rings. The van der Waals surface area contributed by atoms with Crippen molar-refractivity contribution in [2.24, 2.45) is 0 Å². The van der Waals surface area contributed by atoms with Crippen LogP contribution in [0.3, 0.4) is 0 Å². The van der Waals surface area contributed by atoms with Crippen molar-refractivity contribution < 1.29 is 13.9 Å². The van der Waals surface area contributed by atoms with Gasteiger partial charge in [0.05, 0.1) is 17.2 Å². The molecule has 0 bridgehead atoms. The highest BCUT2D eigenvalue weighted by molar-refractivity contribution is 7.80. The highest BCUT2D eigenvalue weighted by Crippen LogP contribution is 2.20. The minimum absolute atomic E-state index is 0.00195. The summed E-state index contributed by atoms with van der Waals surface area (Å²) in [5.41, 5.74) is 1.60. The number of anilines is 2.